The summed E-state index contributed by atoms with van der Waals surface area (Å²) >= 11 is 0. The van der Waals surface area contributed by atoms with E-state index in [0.717, 1.165) is 44.1 Å². The molecule has 0 atom stereocenters. The van der Waals surface area contributed by atoms with Gasteiger partial charge in [-0.15, -0.1) is 0 Å². The van der Waals surface area contributed by atoms with E-state index in [9.17, 15) is 9.50 Å². The lowest BCUT2D eigenvalue weighted by atomic mass is 9.81. The summed E-state index contributed by atoms with van der Waals surface area (Å²) in [5.41, 5.74) is 0.956. The van der Waals surface area contributed by atoms with Crippen LogP contribution in [-0.2, 0) is 11.3 Å². The summed E-state index contributed by atoms with van der Waals surface area (Å²) in [7, 11) is 0. The van der Waals surface area contributed by atoms with Gasteiger partial charge in [0.25, 0.3) is 0 Å². The Bertz CT molecular complexity index is 751. The monoisotopic (exact) mass is 356 g/mol. The Labute approximate surface area is 153 Å². The first-order valence-electron chi connectivity index (χ1n) is 9.38. The zero-order chi connectivity index (χ0) is 18.0. The third-order valence-corrected chi connectivity index (χ3v) is 6.02. The van der Waals surface area contributed by atoms with E-state index in [0.29, 0.717) is 18.1 Å². The van der Waals surface area contributed by atoms with Crippen molar-refractivity contribution in [3.8, 4) is 11.5 Å². The van der Waals surface area contributed by atoms with Gasteiger partial charge in [-0.2, -0.15) is 0 Å². The fraction of sp³-hybridized carbons (Fsp3) is 0.455. The minimum Gasteiger partial charge on any atom is -0.457 e. The normalized spacial score (nSPS) is 27.0. The molecule has 0 aromatic heterocycles. The van der Waals surface area contributed by atoms with Crippen molar-refractivity contribution in [1.29, 1.82) is 0 Å². The van der Waals surface area contributed by atoms with E-state index < -0.39 is 0 Å². The van der Waals surface area contributed by atoms with Gasteiger partial charge in [-0.25, -0.2) is 4.39 Å². The van der Waals surface area contributed by atoms with Gasteiger partial charge in [0.1, 0.15) is 17.3 Å². The fourth-order valence-corrected chi connectivity index (χ4v) is 4.67. The molecule has 4 rings (SSSR count). The third kappa shape index (κ3) is 3.62. The highest BCUT2D eigenvalue weighted by Crippen LogP contribution is 2.59. The van der Waals surface area contributed by atoms with Crippen molar-refractivity contribution >= 4 is 0 Å². The maximum Gasteiger partial charge on any atom is 0.130 e. The van der Waals surface area contributed by atoms with E-state index in [1.54, 1.807) is 0 Å². The average Bonchev–Trinajstić information content (AvgIpc) is 3.17. The van der Waals surface area contributed by atoms with E-state index >= 15 is 0 Å². The molecule has 4 heteroatoms. The first kappa shape index (κ1) is 17.5. The summed E-state index contributed by atoms with van der Waals surface area (Å²) in [5.74, 6) is 0.853. The zero-order valence-electron chi connectivity index (χ0n) is 14.9. The van der Waals surface area contributed by atoms with Crippen molar-refractivity contribution < 1.29 is 19.0 Å². The number of hydrogen-bond donors (Lipinski definition) is 1. The minimum absolute atomic E-state index is 0.0953. The van der Waals surface area contributed by atoms with Gasteiger partial charge in [0.05, 0.1) is 12.2 Å². The van der Waals surface area contributed by atoms with Gasteiger partial charge in [0, 0.05) is 12.7 Å². The van der Waals surface area contributed by atoms with Crippen molar-refractivity contribution in [1.82, 2.24) is 0 Å². The molecule has 0 saturated heterocycles. The SMILES string of the molecule is OCCC12CCC(OCc3cc(F)cc(Oc4ccccc4)c3)(CC1)C2. The largest absolute Gasteiger partial charge is 0.457 e. The number of para-hydroxylation sites is 1. The Morgan fingerprint density at radius 1 is 0.962 bits per heavy atom. The maximum atomic E-state index is 14.0. The molecule has 0 spiro atoms. The van der Waals surface area contributed by atoms with Gasteiger partial charge < -0.3 is 14.6 Å². The molecule has 2 fully saturated rings. The van der Waals surface area contributed by atoms with Crippen LogP contribution in [0.2, 0.25) is 0 Å². The second-order valence-corrected chi connectivity index (χ2v) is 7.83. The molecule has 2 aromatic carbocycles. The summed E-state index contributed by atoms with van der Waals surface area (Å²) in [6.07, 6.45) is 6.21. The number of benzene rings is 2. The number of hydrogen-bond acceptors (Lipinski definition) is 3. The molecule has 0 aliphatic heterocycles. The molecule has 1 N–H and O–H groups in total. The van der Waals surface area contributed by atoms with Crippen LogP contribution < -0.4 is 4.74 Å². The molecule has 138 valence electrons. The van der Waals surface area contributed by atoms with Gasteiger partial charge in [-0.1, -0.05) is 18.2 Å². The summed E-state index contributed by atoms with van der Waals surface area (Å²) in [4.78, 5) is 0. The number of rotatable bonds is 7. The molecule has 26 heavy (non-hydrogen) atoms. The highest BCUT2D eigenvalue weighted by atomic mass is 19.1. The molecule has 0 radical (unpaired) electrons. The van der Waals surface area contributed by atoms with Crippen LogP contribution in [0.1, 0.15) is 44.1 Å². The fourth-order valence-electron chi connectivity index (χ4n) is 4.67. The van der Waals surface area contributed by atoms with Crippen LogP contribution in [-0.4, -0.2) is 17.3 Å². The predicted octanol–water partition coefficient (Wildman–Crippen LogP) is 5.22. The second kappa shape index (κ2) is 7.01. The van der Waals surface area contributed by atoms with Gasteiger partial charge >= 0.3 is 0 Å². The number of fused-ring (bicyclic) bond motifs is 2. The Morgan fingerprint density at radius 2 is 1.73 bits per heavy atom. The summed E-state index contributed by atoms with van der Waals surface area (Å²) in [6.45, 7) is 0.637. The number of aliphatic hydroxyl groups is 1. The minimum atomic E-state index is -0.318. The highest BCUT2D eigenvalue weighted by molar-refractivity contribution is 5.34. The summed E-state index contributed by atoms with van der Waals surface area (Å²) < 4.78 is 26.1. The molecule has 3 nitrogen and oxygen atoms in total. The van der Waals surface area contributed by atoms with Crippen molar-refractivity contribution in [2.45, 2.75) is 50.7 Å². The van der Waals surface area contributed by atoms with E-state index in [2.05, 4.69) is 0 Å². The second-order valence-electron chi connectivity index (χ2n) is 7.83. The molecule has 0 unspecified atom stereocenters. The smallest absolute Gasteiger partial charge is 0.130 e. The van der Waals surface area contributed by atoms with E-state index in [1.165, 1.54) is 12.1 Å². The lowest BCUT2D eigenvalue weighted by Gasteiger charge is -2.28. The zero-order valence-corrected chi connectivity index (χ0v) is 14.9. The standard InChI is InChI=1S/C22H25FO3/c23-18-12-17(13-20(14-18)26-19-4-2-1-3-5-19)15-25-22-8-6-21(16-22,7-9-22)10-11-24/h1-5,12-14,24H,6-11,15-16H2. The highest BCUT2D eigenvalue weighted by Gasteiger charge is 2.54. The number of halogens is 1. The summed E-state index contributed by atoms with van der Waals surface area (Å²) in [6, 6.07) is 14.1. The number of aliphatic hydroxyl groups excluding tert-OH is 1. The molecule has 2 saturated carbocycles. The quantitative estimate of drug-likeness (QED) is 0.739. The molecular formula is C22H25FO3. The molecule has 2 aromatic rings. The Kier molecular flexibility index (Phi) is 4.72. The van der Waals surface area contributed by atoms with Gasteiger partial charge in [-0.3, -0.25) is 0 Å². The van der Waals surface area contributed by atoms with Crippen LogP contribution in [0.15, 0.2) is 48.5 Å². The van der Waals surface area contributed by atoms with E-state index in [1.807, 2.05) is 36.4 Å². The van der Waals surface area contributed by atoms with Crippen LogP contribution in [0, 0.1) is 11.2 Å². The Balaban J connectivity index is 1.43. The maximum absolute atomic E-state index is 14.0. The van der Waals surface area contributed by atoms with Gasteiger partial charge in [0.2, 0.25) is 0 Å². The average molecular weight is 356 g/mol. The van der Waals surface area contributed by atoms with E-state index in [4.69, 9.17) is 9.47 Å². The molecule has 2 bridgehead atoms. The molecular weight excluding hydrogens is 331 g/mol. The molecule has 0 amide bonds. The third-order valence-electron chi connectivity index (χ3n) is 6.02. The molecule has 2 aliphatic carbocycles. The molecule has 2 aliphatic rings. The number of ether oxygens (including phenoxy) is 2. The lowest BCUT2D eigenvalue weighted by Crippen LogP contribution is -2.26. The van der Waals surface area contributed by atoms with Crippen molar-refractivity contribution in [2.75, 3.05) is 6.61 Å². The summed E-state index contributed by atoms with van der Waals surface area (Å²) in [5, 5.41) is 9.32. The van der Waals surface area contributed by atoms with Crippen LogP contribution in [0.4, 0.5) is 4.39 Å². The first-order valence-corrected chi connectivity index (χ1v) is 9.38. The topological polar surface area (TPSA) is 38.7 Å². The molecule has 0 heterocycles. The van der Waals surface area contributed by atoms with Crippen LogP contribution in [0.5, 0.6) is 11.5 Å². The van der Waals surface area contributed by atoms with Crippen LogP contribution >= 0.6 is 0 Å². The van der Waals surface area contributed by atoms with Crippen LogP contribution in [0.3, 0.4) is 0 Å². The Hall–Kier alpha value is -1.91. The lowest BCUT2D eigenvalue weighted by molar-refractivity contribution is -0.0486. The van der Waals surface area contributed by atoms with Gasteiger partial charge in [-0.05, 0) is 73.8 Å². The predicted molar refractivity (Wildman–Crippen MR) is 97.7 cm³/mol. The van der Waals surface area contributed by atoms with Crippen molar-refractivity contribution in [2.24, 2.45) is 5.41 Å². The van der Waals surface area contributed by atoms with E-state index in [-0.39, 0.29) is 23.4 Å². The van der Waals surface area contributed by atoms with Gasteiger partial charge in [0.15, 0.2) is 0 Å². The van der Waals surface area contributed by atoms with Crippen molar-refractivity contribution in [3.05, 3.63) is 59.9 Å². The van der Waals surface area contributed by atoms with Crippen molar-refractivity contribution in [3.63, 3.8) is 0 Å². The first-order chi connectivity index (χ1) is 12.6. The van der Waals surface area contributed by atoms with Crippen LogP contribution in [0.25, 0.3) is 0 Å². The Morgan fingerprint density at radius 3 is 2.46 bits per heavy atom.